The number of nitrogens with two attached hydrogens (primary N) is 1. The molecule has 0 bridgehead atoms. The van der Waals surface area contributed by atoms with Gasteiger partial charge in [-0.3, -0.25) is 0 Å². The highest BCUT2D eigenvalue weighted by atomic mass is 19.1. The molecule has 0 saturated carbocycles. The molecule has 2 rings (SSSR count). The van der Waals surface area contributed by atoms with Gasteiger partial charge < -0.3 is 15.8 Å². The normalized spacial score (nSPS) is 9.74. The lowest BCUT2D eigenvalue weighted by atomic mass is 10.2. The van der Waals surface area contributed by atoms with E-state index in [1.54, 1.807) is 6.07 Å². The molecular weight excluding hydrogens is 247 g/mol. The van der Waals surface area contributed by atoms with E-state index in [-0.39, 0.29) is 11.4 Å². The van der Waals surface area contributed by atoms with Crippen molar-refractivity contribution in [2.45, 2.75) is 0 Å². The topological polar surface area (TPSA) is 84.0 Å². The van der Waals surface area contributed by atoms with E-state index in [9.17, 15) is 4.39 Å². The number of hydrogen-bond acceptors (Lipinski definition) is 5. The molecule has 0 radical (unpaired) electrons. The SMILES string of the molecule is COc1ccc(Nc2nccc(C#N)c2N)cc1F. The Balaban J connectivity index is 2.32. The summed E-state index contributed by atoms with van der Waals surface area (Å²) >= 11 is 0. The fraction of sp³-hybridized carbons (Fsp3) is 0.0769. The summed E-state index contributed by atoms with van der Waals surface area (Å²) in [7, 11) is 1.39. The third-order valence-electron chi connectivity index (χ3n) is 2.53. The molecule has 5 nitrogen and oxygen atoms in total. The molecule has 3 N–H and O–H groups in total. The van der Waals surface area contributed by atoms with Crippen molar-refractivity contribution in [2.24, 2.45) is 0 Å². The van der Waals surface area contributed by atoms with Crippen molar-refractivity contribution in [1.82, 2.24) is 4.98 Å². The van der Waals surface area contributed by atoms with Crippen molar-refractivity contribution in [3.63, 3.8) is 0 Å². The van der Waals surface area contributed by atoms with E-state index >= 15 is 0 Å². The van der Waals surface area contributed by atoms with Crippen LogP contribution in [0.15, 0.2) is 30.5 Å². The minimum Gasteiger partial charge on any atom is -0.494 e. The van der Waals surface area contributed by atoms with Gasteiger partial charge in [0.1, 0.15) is 6.07 Å². The second-order valence-electron chi connectivity index (χ2n) is 3.71. The number of nitrogens with one attached hydrogen (secondary N) is 1. The number of nitriles is 1. The summed E-state index contributed by atoms with van der Waals surface area (Å²) in [4.78, 5) is 4.01. The molecule has 0 atom stereocenters. The van der Waals surface area contributed by atoms with E-state index in [0.29, 0.717) is 17.1 Å². The zero-order valence-electron chi connectivity index (χ0n) is 10.1. The van der Waals surface area contributed by atoms with Gasteiger partial charge in [-0.05, 0) is 18.2 Å². The number of methoxy groups -OCH3 is 1. The number of halogens is 1. The molecule has 0 aliphatic rings. The third-order valence-corrected chi connectivity index (χ3v) is 2.53. The van der Waals surface area contributed by atoms with Gasteiger partial charge >= 0.3 is 0 Å². The average molecular weight is 258 g/mol. The Morgan fingerprint density at radius 2 is 2.21 bits per heavy atom. The molecule has 2 aromatic rings. The van der Waals surface area contributed by atoms with Crippen LogP contribution in [0.3, 0.4) is 0 Å². The number of ether oxygens (including phenoxy) is 1. The van der Waals surface area contributed by atoms with E-state index in [0.717, 1.165) is 0 Å². The van der Waals surface area contributed by atoms with Crippen molar-refractivity contribution < 1.29 is 9.13 Å². The summed E-state index contributed by atoms with van der Waals surface area (Å²) in [5.41, 5.74) is 6.77. The van der Waals surface area contributed by atoms with E-state index in [1.165, 1.54) is 31.5 Å². The predicted molar refractivity (Wildman–Crippen MR) is 69.6 cm³/mol. The second-order valence-corrected chi connectivity index (χ2v) is 3.71. The van der Waals surface area contributed by atoms with Crippen molar-refractivity contribution in [3.8, 4) is 11.8 Å². The van der Waals surface area contributed by atoms with Crippen LogP contribution in [-0.2, 0) is 0 Å². The van der Waals surface area contributed by atoms with Gasteiger partial charge in [-0.2, -0.15) is 5.26 Å². The minimum absolute atomic E-state index is 0.150. The number of hydrogen-bond donors (Lipinski definition) is 2. The Hall–Kier alpha value is -2.81. The highest BCUT2D eigenvalue weighted by Crippen LogP contribution is 2.26. The first-order valence-corrected chi connectivity index (χ1v) is 5.41. The van der Waals surface area contributed by atoms with E-state index in [4.69, 9.17) is 15.7 Å². The van der Waals surface area contributed by atoms with Crippen LogP contribution < -0.4 is 15.8 Å². The Morgan fingerprint density at radius 1 is 1.42 bits per heavy atom. The molecule has 0 unspecified atom stereocenters. The molecule has 96 valence electrons. The molecule has 0 fully saturated rings. The molecule has 6 heteroatoms. The molecule has 0 amide bonds. The lowest BCUT2D eigenvalue weighted by Gasteiger charge is -2.10. The Labute approximate surface area is 109 Å². The van der Waals surface area contributed by atoms with Gasteiger partial charge in [0, 0.05) is 18.0 Å². The quantitative estimate of drug-likeness (QED) is 0.883. The smallest absolute Gasteiger partial charge is 0.167 e. The molecule has 1 aromatic heterocycles. The molecule has 0 saturated heterocycles. The van der Waals surface area contributed by atoms with Crippen LogP contribution in [0.2, 0.25) is 0 Å². The lowest BCUT2D eigenvalue weighted by Crippen LogP contribution is -2.01. The maximum Gasteiger partial charge on any atom is 0.167 e. The highest BCUT2D eigenvalue weighted by Gasteiger charge is 2.08. The molecule has 19 heavy (non-hydrogen) atoms. The third kappa shape index (κ3) is 2.55. The number of nitrogens with zero attached hydrogens (tertiary/aromatic N) is 2. The number of nitrogen functional groups attached to an aromatic ring is 1. The van der Waals surface area contributed by atoms with Gasteiger partial charge in [0.05, 0.1) is 18.4 Å². The largest absolute Gasteiger partial charge is 0.494 e. The fourth-order valence-electron chi connectivity index (χ4n) is 1.55. The number of pyridine rings is 1. The van der Waals surface area contributed by atoms with Crippen LogP contribution in [0.4, 0.5) is 21.6 Å². The van der Waals surface area contributed by atoms with Crippen LogP contribution in [0.25, 0.3) is 0 Å². The average Bonchev–Trinajstić information content (AvgIpc) is 2.41. The maximum absolute atomic E-state index is 13.5. The first-order valence-electron chi connectivity index (χ1n) is 5.41. The summed E-state index contributed by atoms with van der Waals surface area (Å²) in [5.74, 6) is -0.0385. The van der Waals surface area contributed by atoms with Crippen LogP contribution in [0, 0.1) is 17.1 Å². The van der Waals surface area contributed by atoms with Gasteiger partial charge in [0.2, 0.25) is 0 Å². The molecule has 0 aliphatic carbocycles. The number of rotatable bonds is 3. The van der Waals surface area contributed by atoms with Crippen LogP contribution in [0.5, 0.6) is 5.75 Å². The molecule has 1 heterocycles. The Morgan fingerprint density at radius 3 is 2.84 bits per heavy atom. The van der Waals surface area contributed by atoms with Gasteiger partial charge in [0.25, 0.3) is 0 Å². The minimum atomic E-state index is -0.498. The van der Waals surface area contributed by atoms with E-state index in [1.807, 2.05) is 6.07 Å². The highest BCUT2D eigenvalue weighted by molar-refractivity contribution is 5.73. The number of anilines is 3. The monoisotopic (exact) mass is 258 g/mol. The summed E-state index contributed by atoms with van der Waals surface area (Å²) in [6.45, 7) is 0. The second kappa shape index (κ2) is 5.23. The van der Waals surface area contributed by atoms with E-state index in [2.05, 4.69) is 10.3 Å². The summed E-state index contributed by atoms with van der Waals surface area (Å²) < 4.78 is 18.4. The van der Waals surface area contributed by atoms with Gasteiger partial charge in [-0.15, -0.1) is 0 Å². The first-order chi connectivity index (χ1) is 9.15. The summed E-state index contributed by atoms with van der Waals surface area (Å²) in [6, 6.07) is 7.84. The lowest BCUT2D eigenvalue weighted by molar-refractivity contribution is 0.386. The van der Waals surface area contributed by atoms with Crippen LogP contribution in [0.1, 0.15) is 5.56 Å². The van der Waals surface area contributed by atoms with Gasteiger partial charge in [-0.25, -0.2) is 9.37 Å². The van der Waals surface area contributed by atoms with E-state index < -0.39 is 5.82 Å². The number of aromatic nitrogens is 1. The zero-order valence-corrected chi connectivity index (χ0v) is 10.1. The van der Waals surface area contributed by atoms with Gasteiger partial charge in [0.15, 0.2) is 17.4 Å². The summed E-state index contributed by atoms with van der Waals surface area (Å²) in [5, 5.41) is 11.7. The Kier molecular flexibility index (Phi) is 3.48. The van der Waals surface area contributed by atoms with Crippen LogP contribution in [-0.4, -0.2) is 12.1 Å². The molecular formula is C13H11FN4O. The predicted octanol–water partition coefficient (Wildman–Crippen LogP) is 2.43. The van der Waals surface area contributed by atoms with Gasteiger partial charge in [-0.1, -0.05) is 0 Å². The Bertz CT molecular complexity index is 652. The van der Waals surface area contributed by atoms with Crippen molar-refractivity contribution in [2.75, 3.05) is 18.2 Å². The fourth-order valence-corrected chi connectivity index (χ4v) is 1.55. The van der Waals surface area contributed by atoms with Crippen molar-refractivity contribution >= 4 is 17.2 Å². The van der Waals surface area contributed by atoms with Crippen LogP contribution >= 0.6 is 0 Å². The molecule has 0 aliphatic heterocycles. The molecule has 1 aromatic carbocycles. The number of benzene rings is 1. The maximum atomic E-state index is 13.5. The van der Waals surface area contributed by atoms with Crippen molar-refractivity contribution in [1.29, 1.82) is 5.26 Å². The zero-order chi connectivity index (χ0) is 13.8. The summed E-state index contributed by atoms with van der Waals surface area (Å²) in [6.07, 6.45) is 1.46. The van der Waals surface area contributed by atoms with Crippen molar-refractivity contribution in [3.05, 3.63) is 41.8 Å². The molecule has 0 spiro atoms. The standard InChI is InChI=1S/C13H11FN4O/c1-19-11-3-2-9(6-10(11)14)18-13-12(16)8(7-15)4-5-17-13/h2-6H,16H2,1H3,(H,17,18). The first kappa shape index (κ1) is 12.6.